The van der Waals surface area contributed by atoms with Gasteiger partial charge in [-0.05, 0) is 68.7 Å². The Bertz CT molecular complexity index is 864. The Balaban J connectivity index is 2.49. The maximum atomic E-state index is 12.9. The molecule has 0 fully saturated rings. The zero-order valence-corrected chi connectivity index (χ0v) is 18.5. The molecular weight excluding hydrogens is 366 g/mol. The van der Waals surface area contributed by atoms with Gasteiger partial charge in [-0.2, -0.15) is 0 Å². The fourth-order valence-corrected chi connectivity index (χ4v) is 4.47. The quantitative estimate of drug-likeness (QED) is 0.348. The molecule has 158 valence electrons. The third-order valence-corrected chi connectivity index (χ3v) is 5.56. The summed E-state index contributed by atoms with van der Waals surface area (Å²) >= 11 is 0. The monoisotopic (exact) mass is 399 g/mol. The molecular formula is C24H33NO4. The van der Waals surface area contributed by atoms with Crippen molar-refractivity contribution >= 4 is 17.3 Å². The fourth-order valence-electron chi connectivity index (χ4n) is 4.47. The van der Waals surface area contributed by atoms with E-state index in [1.54, 1.807) is 0 Å². The highest BCUT2D eigenvalue weighted by molar-refractivity contribution is 6.23. The maximum absolute atomic E-state index is 12.9. The number of nitrogens with zero attached hydrogens (tertiary/aromatic N) is 1. The number of Topliss-reactive ketones (excluding diaryl/α,β-unsaturated/α-hetero) is 2. The van der Waals surface area contributed by atoms with Crippen LogP contribution in [-0.4, -0.2) is 29.0 Å². The number of carbonyl (C=O) groups is 2. The van der Waals surface area contributed by atoms with Crippen molar-refractivity contribution in [2.24, 2.45) is 5.16 Å². The average molecular weight is 400 g/mol. The van der Waals surface area contributed by atoms with Crippen LogP contribution in [0.25, 0.3) is 0 Å². The number of carbonyl (C=O) groups excluding carboxylic acids is 2. The number of hydrogen-bond acceptors (Lipinski definition) is 5. The number of aliphatic hydroxyl groups excluding tert-OH is 1. The van der Waals surface area contributed by atoms with Gasteiger partial charge in [-0.1, -0.05) is 25.1 Å². The van der Waals surface area contributed by atoms with Crippen molar-refractivity contribution in [3.05, 3.63) is 45.2 Å². The van der Waals surface area contributed by atoms with Gasteiger partial charge < -0.3 is 9.94 Å². The molecule has 0 aliphatic heterocycles. The van der Waals surface area contributed by atoms with Gasteiger partial charge in [0.2, 0.25) is 0 Å². The lowest BCUT2D eigenvalue weighted by molar-refractivity contribution is -0.116. The molecule has 1 atom stereocenters. The Morgan fingerprint density at radius 3 is 2.41 bits per heavy atom. The largest absolute Gasteiger partial charge is 0.511 e. The van der Waals surface area contributed by atoms with Gasteiger partial charge in [0.05, 0.1) is 11.3 Å². The lowest BCUT2D eigenvalue weighted by Gasteiger charge is -2.28. The van der Waals surface area contributed by atoms with Crippen LogP contribution in [0.1, 0.15) is 91.4 Å². The van der Waals surface area contributed by atoms with E-state index in [4.69, 9.17) is 4.84 Å². The molecule has 1 aromatic carbocycles. The SMILES string of the molecule is CCCC(=O)c1c(C)cc(C)c([C@@H]2CC(=O)C(/C(CC)=N\OCC)=C(O)C2)c1C. The molecule has 0 bridgehead atoms. The molecule has 0 aromatic heterocycles. The number of benzene rings is 1. The van der Waals surface area contributed by atoms with Gasteiger partial charge in [0.25, 0.3) is 0 Å². The van der Waals surface area contributed by atoms with Gasteiger partial charge in [0.15, 0.2) is 11.6 Å². The number of ketones is 2. The molecule has 5 nitrogen and oxygen atoms in total. The Hall–Kier alpha value is -2.43. The third kappa shape index (κ3) is 4.77. The standard InChI is InChI=1S/C24H33NO4/c1-7-10-19(26)23-15(5)11-14(4)22(16(23)6)17-12-20(27)24(21(28)13-17)18(8-2)25-29-9-3/h11,17,27H,7-10,12-13H2,1-6H3/b25-18-/t17-/m0/s1. The van der Waals surface area contributed by atoms with Crippen molar-refractivity contribution in [1.29, 1.82) is 0 Å². The summed E-state index contributed by atoms with van der Waals surface area (Å²) in [7, 11) is 0. The molecule has 1 aromatic rings. The maximum Gasteiger partial charge on any atom is 0.168 e. The Labute approximate surface area is 173 Å². The summed E-state index contributed by atoms with van der Waals surface area (Å²) in [5, 5.41) is 14.7. The van der Waals surface area contributed by atoms with Crippen molar-refractivity contribution in [2.45, 2.75) is 79.6 Å². The van der Waals surface area contributed by atoms with Gasteiger partial charge in [-0.25, -0.2) is 0 Å². The third-order valence-electron chi connectivity index (χ3n) is 5.56. The van der Waals surface area contributed by atoms with Crippen molar-refractivity contribution < 1.29 is 19.5 Å². The van der Waals surface area contributed by atoms with E-state index >= 15 is 0 Å². The van der Waals surface area contributed by atoms with Gasteiger partial charge >= 0.3 is 0 Å². The number of hydrogen-bond donors (Lipinski definition) is 1. The number of allylic oxidation sites excluding steroid dienone is 2. The molecule has 0 radical (unpaired) electrons. The molecule has 2 rings (SSSR count). The average Bonchev–Trinajstić information content (AvgIpc) is 2.63. The first-order valence-electron chi connectivity index (χ1n) is 10.5. The Morgan fingerprint density at radius 1 is 1.17 bits per heavy atom. The topological polar surface area (TPSA) is 76.0 Å². The van der Waals surface area contributed by atoms with Crippen molar-refractivity contribution in [3.63, 3.8) is 0 Å². The Kier molecular flexibility index (Phi) is 7.77. The van der Waals surface area contributed by atoms with E-state index in [0.717, 1.165) is 34.2 Å². The van der Waals surface area contributed by atoms with Crippen LogP contribution in [0.15, 0.2) is 22.6 Å². The highest BCUT2D eigenvalue weighted by atomic mass is 16.6. The fraction of sp³-hybridized carbons (Fsp3) is 0.542. The molecule has 0 saturated carbocycles. The van der Waals surface area contributed by atoms with E-state index < -0.39 is 0 Å². The van der Waals surface area contributed by atoms with Crippen LogP contribution in [0.2, 0.25) is 0 Å². The summed E-state index contributed by atoms with van der Waals surface area (Å²) in [5.41, 5.74) is 5.53. The van der Waals surface area contributed by atoms with E-state index in [1.807, 2.05) is 47.6 Å². The minimum Gasteiger partial charge on any atom is -0.511 e. The van der Waals surface area contributed by atoms with Crippen LogP contribution in [0.4, 0.5) is 0 Å². The van der Waals surface area contributed by atoms with Gasteiger partial charge in [0, 0.05) is 24.8 Å². The predicted molar refractivity (Wildman–Crippen MR) is 116 cm³/mol. The molecule has 1 aliphatic carbocycles. The summed E-state index contributed by atoms with van der Waals surface area (Å²) in [5.74, 6) is -0.0686. The van der Waals surface area contributed by atoms with Crippen LogP contribution in [0.3, 0.4) is 0 Å². The summed E-state index contributed by atoms with van der Waals surface area (Å²) in [6.45, 7) is 12.1. The van der Waals surface area contributed by atoms with Crippen LogP contribution < -0.4 is 0 Å². The lowest BCUT2D eigenvalue weighted by Crippen LogP contribution is -2.25. The molecule has 0 heterocycles. The molecule has 1 aliphatic rings. The van der Waals surface area contributed by atoms with Crippen molar-refractivity contribution in [3.8, 4) is 0 Å². The summed E-state index contributed by atoms with van der Waals surface area (Å²) in [6, 6.07) is 2.03. The summed E-state index contributed by atoms with van der Waals surface area (Å²) in [6.07, 6.45) is 2.47. The zero-order valence-electron chi connectivity index (χ0n) is 18.5. The highest BCUT2D eigenvalue weighted by Gasteiger charge is 2.33. The molecule has 0 amide bonds. The second-order valence-electron chi connectivity index (χ2n) is 7.76. The van der Waals surface area contributed by atoms with Crippen LogP contribution in [-0.2, 0) is 9.63 Å². The molecule has 0 saturated heterocycles. The van der Waals surface area contributed by atoms with Gasteiger partial charge in [-0.3, -0.25) is 9.59 Å². The molecule has 0 spiro atoms. The summed E-state index contributed by atoms with van der Waals surface area (Å²) in [4.78, 5) is 30.7. The Morgan fingerprint density at radius 2 is 1.86 bits per heavy atom. The lowest BCUT2D eigenvalue weighted by atomic mass is 9.76. The smallest absolute Gasteiger partial charge is 0.168 e. The van der Waals surface area contributed by atoms with E-state index in [2.05, 4.69) is 5.16 Å². The van der Waals surface area contributed by atoms with E-state index in [9.17, 15) is 14.7 Å². The molecule has 29 heavy (non-hydrogen) atoms. The number of aryl methyl sites for hydroxylation is 2. The van der Waals surface area contributed by atoms with Crippen LogP contribution in [0, 0.1) is 20.8 Å². The zero-order chi connectivity index (χ0) is 21.7. The second kappa shape index (κ2) is 9.86. The first-order chi connectivity index (χ1) is 13.8. The van der Waals surface area contributed by atoms with Crippen molar-refractivity contribution in [1.82, 2.24) is 0 Å². The van der Waals surface area contributed by atoms with Crippen molar-refractivity contribution in [2.75, 3.05) is 6.61 Å². The molecule has 1 N–H and O–H groups in total. The first-order valence-corrected chi connectivity index (χ1v) is 10.5. The van der Waals surface area contributed by atoms with Crippen LogP contribution in [0.5, 0.6) is 0 Å². The number of oxime groups is 1. The highest BCUT2D eigenvalue weighted by Crippen LogP contribution is 2.39. The first kappa shape index (κ1) is 22.9. The van der Waals surface area contributed by atoms with Gasteiger partial charge in [0.1, 0.15) is 12.4 Å². The van der Waals surface area contributed by atoms with E-state index in [1.165, 1.54) is 0 Å². The minimum absolute atomic E-state index is 0.0624. The van der Waals surface area contributed by atoms with E-state index in [-0.39, 0.29) is 29.7 Å². The van der Waals surface area contributed by atoms with Crippen LogP contribution >= 0.6 is 0 Å². The molecule has 5 heteroatoms. The second-order valence-corrected chi connectivity index (χ2v) is 7.76. The number of rotatable bonds is 8. The van der Waals surface area contributed by atoms with Gasteiger partial charge in [-0.15, -0.1) is 0 Å². The minimum atomic E-state index is -0.148. The predicted octanol–water partition coefficient (Wildman–Crippen LogP) is 5.66. The summed E-state index contributed by atoms with van der Waals surface area (Å²) < 4.78 is 0. The molecule has 0 unspecified atom stereocenters. The van der Waals surface area contributed by atoms with E-state index in [0.29, 0.717) is 37.2 Å². The normalized spacial score (nSPS) is 17.7. The number of aliphatic hydroxyl groups is 1.